The number of aliphatic hydroxyl groups is 1. The van der Waals surface area contributed by atoms with Gasteiger partial charge in [0.1, 0.15) is 6.04 Å². The highest BCUT2D eigenvalue weighted by molar-refractivity contribution is 7.99. The van der Waals surface area contributed by atoms with E-state index in [9.17, 15) is 9.59 Å². The van der Waals surface area contributed by atoms with Gasteiger partial charge in [-0.25, -0.2) is 9.59 Å². The van der Waals surface area contributed by atoms with Crippen molar-refractivity contribution in [3.63, 3.8) is 0 Å². The molecule has 0 aromatic rings. The number of carbonyl (C=O) groups excluding carboxylic acids is 1. The molecule has 1 atom stereocenters. The van der Waals surface area contributed by atoms with Crippen LogP contribution in [0.25, 0.3) is 0 Å². The van der Waals surface area contributed by atoms with E-state index in [0.717, 1.165) is 17.9 Å². The lowest BCUT2D eigenvalue weighted by molar-refractivity contribution is -0.139. The van der Waals surface area contributed by atoms with Gasteiger partial charge in [0.05, 0.1) is 0 Å². The molecular formula is C10H18N2O4S. The molecule has 7 heteroatoms. The monoisotopic (exact) mass is 262 g/mol. The smallest absolute Gasteiger partial charge is 0.326 e. The Kier molecular flexibility index (Phi) is 6.13. The molecule has 98 valence electrons. The number of nitrogens with zero attached hydrogens (tertiary/aromatic N) is 1. The van der Waals surface area contributed by atoms with Crippen LogP contribution in [0.15, 0.2) is 0 Å². The maximum Gasteiger partial charge on any atom is 0.326 e. The molecule has 2 amide bonds. The standard InChI is InChI=1S/C10H18N2O4S/c13-5-2-8(9(14)15)11-10(16)12-3-1-6-17-7-4-12/h8,13H,1-7H2,(H,11,16)(H,14,15)/t8-/m1/s1. The summed E-state index contributed by atoms with van der Waals surface area (Å²) in [5.74, 6) is 0.796. The number of amides is 2. The first-order chi connectivity index (χ1) is 8.15. The second-order valence-corrected chi connectivity index (χ2v) is 5.03. The molecule has 3 N–H and O–H groups in total. The first kappa shape index (κ1) is 14.1. The SMILES string of the molecule is O=C(O)[C@@H](CCO)NC(=O)N1CCCSCC1. The minimum absolute atomic E-state index is 0.0314. The van der Waals surface area contributed by atoms with Gasteiger partial charge >= 0.3 is 12.0 Å². The van der Waals surface area contributed by atoms with Gasteiger partial charge in [0.2, 0.25) is 0 Å². The minimum Gasteiger partial charge on any atom is -0.480 e. The number of carboxylic acid groups (broad SMARTS) is 1. The number of carbonyl (C=O) groups is 2. The molecule has 0 radical (unpaired) electrons. The minimum atomic E-state index is -1.11. The number of thioether (sulfide) groups is 1. The Bertz CT molecular complexity index is 267. The van der Waals surface area contributed by atoms with Gasteiger partial charge in [-0.2, -0.15) is 11.8 Å². The molecule has 0 aliphatic carbocycles. The highest BCUT2D eigenvalue weighted by Crippen LogP contribution is 2.10. The lowest BCUT2D eigenvalue weighted by Crippen LogP contribution is -2.48. The van der Waals surface area contributed by atoms with Crippen LogP contribution in [0.1, 0.15) is 12.8 Å². The number of aliphatic carboxylic acids is 1. The van der Waals surface area contributed by atoms with Gasteiger partial charge in [-0.3, -0.25) is 0 Å². The molecule has 0 unspecified atom stereocenters. The quantitative estimate of drug-likeness (QED) is 0.662. The molecule has 1 aliphatic heterocycles. The molecule has 1 heterocycles. The highest BCUT2D eigenvalue weighted by atomic mass is 32.2. The van der Waals surface area contributed by atoms with Crippen molar-refractivity contribution in [1.82, 2.24) is 10.2 Å². The summed E-state index contributed by atoms with van der Waals surface area (Å²) in [5, 5.41) is 20.0. The van der Waals surface area contributed by atoms with Crippen LogP contribution >= 0.6 is 11.8 Å². The summed E-state index contributed by atoms with van der Waals surface area (Å²) in [7, 11) is 0. The molecule has 0 spiro atoms. The van der Waals surface area contributed by atoms with Crippen LogP contribution in [0.2, 0.25) is 0 Å². The zero-order valence-corrected chi connectivity index (χ0v) is 10.4. The summed E-state index contributed by atoms with van der Waals surface area (Å²) < 4.78 is 0. The molecule has 17 heavy (non-hydrogen) atoms. The lowest BCUT2D eigenvalue weighted by atomic mass is 10.2. The Morgan fingerprint density at radius 2 is 2.12 bits per heavy atom. The fourth-order valence-corrected chi connectivity index (χ4v) is 2.46. The van der Waals surface area contributed by atoms with Gasteiger partial charge in [-0.1, -0.05) is 0 Å². The molecule has 0 saturated carbocycles. The first-order valence-corrected chi connectivity index (χ1v) is 6.77. The molecule has 6 nitrogen and oxygen atoms in total. The maximum atomic E-state index is 11.8. The van der Waals surface area contributed by atoms with Crippen molar-refractivity contribution < 1.29 is 19.8 Å². The second-order valence-electron chi connectivity index (χ2n) is 3.81. The summed E-state index contributed by atoms with van der Waals surface area (Å²) in [4.78, 5) is 24.3. The van der Waals surface area contributed by atoms with E-state index < -0.39 is 12.0 Å². The third kappa shape index (κ3) is 4.82. The van der Waals surface area contributed by atoms with E-state index in [1.54, 1.807) is 16.7 Å². The maximum absolute atomic E-state index is 11.8. The number of hydrogen-bond donors (Lipinski definition) is 3. The first-order valence-electron chi connectivity index (χ1n) is 5.62. The van der Waals surface area contributed by atoms with Crippen LogP contribution in [0.5, 0.6) is 0 Å². The van der Waals surface area contributed by atoms with Gasteiger partial charge in [0, 0.05) is 31.9 Å². The average Bonchev–Trinajstić information content (AvgIpc) is 2.56. The van der Waals surface area contributed by atoms with E-state index in [0.29, 0.717) is 13.1 Å². The van der Waals surface area contributed by atoms with Crippen molar-refractivity contribution in [3.8, 4) is 0 Å². The van der Waals surface area contributed by atoms with E-state index in [1.165, 1.54) is 0 Å². The fraction of sp³-hybridized carbons (Fsp3) is 0.800. The summed E-state index contributed by atoms with van der Waals surface area (Å²) in [6.45, 7) is 1.04. The number of nitrogens with one attached hydrogen (secondary N) is 1. The molecule has 0 aromatic heterocycles. The molecular weight excluding hydrogens is 244 g/mol. The summed E-state index contributed by atoms with van der Waals surface area (Å²) in [5.41, 5.74) is 0. The normalized spacial score (nSPS) is 18.3. The summed E-state index contributed by atoms with van der Waals surface area (Å²) >= 11 is 1.79. The predicted molar refractivity (Wildman–Crippen MR) is 65.2 cm³/mol. The highest BCUT2D eigenvalue weighted by Gasteiger charge is 2.23. The molecule has 0 aromatic carbocycles. The van der Waals surface area contributed by atoms with E-state index in [1.807, 2.05) is 0 Å². The van der Waals surface area contributed by atoms with Crippen LogP contribution in [0.4, 0.5) is 4.79 Å². The van der Waals surface area contributed by atoms with E-state index >= 15 is 0 Å². The van der Waals surface area contributed by atoms with Crippen molar-refractivity contribution in [2.45, 2.75) is 18.9 Å². The zero-order chi connectivity index (χ0) is 12.7. The van der Waals surface area contributed by atoms with Crippen LogP contribution in [-0.2, 0) is 4.79 Å². The predicted octanol–water partition coefficient (Wildman–Crippen LogP) is -0.0295. The van der Waals surface area contributed by atoms with Crippen molar-refractivity contribution in [2.75, 3.05) is 31.2 Å². The van der Waals surface area contributed by atoms with Crippen LogP contribution in [0, 0.1) is 0 Å². The molecule has 1 rings (SSSR count). The Labute approximate surface area is 104 Å². The van der Waals surface area contributed by atoms with Crippen LogP contribution in [0.3, 0.4) is 0 Å². The molecule has 1 fully saturated rings. The lowest BCUT2D eigenvalue weighted by Gasteiger charge is -2.23. The Morgan fingerprint density at radius 1 is 1.35 bits per heavy atom. The number of urea groups is 1. The van der Waals surface area contributed by atoms with Gasteiger partial charge in [-0.15, -0.1) is 0 Å². The van der Waals surface area contributed by atoms with Crippen molar-refractivity contribution in [2.24, 2.45) is 0 Å². The Hall–Kier alpha value is -0.950. The average molecular weight is 262 g/mol. The third-order valence-corrected chi connectivity index (χ3v) is 3.57. The van der Waals surface area contributed by atoms with E-state index in [4.69, 9.17) is 10.2 Å². The summed E-state index contributed by atoms with van der Waals surface area (Å²) in [6.07, 6.45) is 0.958. The molecule has 0 bridgehead atoms. The van der Waals surface area contributed by atoms with E-state index in [2.05, 4.69) is 5.32 Å². The van der Waals surface area contributed by atoms with Gasteiger partial charge in [0.15, 0.2) is 0 Å². The largest absolute Gasteiger partial charge is 0.480 e. The van der Waals surface area contributed by atoms with E-state index in [-0.39, 0.29) is 19.1 Å². The number of rotatable bonds is 4. The van der Waals surface area contributed by atoms with Crippen molar-refractivity contribution in [3.05, 3.63) is 0 Å². The van der Waals surface area contributed by atoms with Gasteiger partial charge < -0.3 is 20.4 Å². The Morgan fingerprint density at radius 3 is 2.76 bits per heavy atom. The van der Waals surface area contributed by atoms with Gasteiger partial charge in [-0.05, 0) is 12.2 Å². The van der Waals surface area contributed by atoms with Crippen molar-refractivity contribution in [1.29, 1.82) is 0 Å². The van der Waals surface area contributed by atoms with Crippen molar-refractivity contribution >= 4 is 23.8 Å². The van der Waals surface area contributed by atoms with Crippen LogP contribution in [-0.4, -0.2) is 64.4 Å². The van der Waals surface area contributed by atoms with Crippen LogP contribution < -0.4 is 5.32 Å². The number of hydrogen-bond acceptors (Lipinski definition) is 4. The topological polar surface area (TPSA) is 89.9 Å². The third-order valence-electron chi connectivity index (χ3n) is 2.52. The zero-order valence-electron chi connectivity index (χ0n) is 9.59. The number of aliphatic hydroxyl groups excluding tert-OH is 1. The molecule has 1 saturated heterocycles. The fourth-order valence-electron chi connectivity index (χ4n) is 1.58. The molecule has 1 aliphatic rings. The van der Waals surface area contributed by atoms with Gasteiger partial charge in [0.25, 0.3) is 0 Å². The summed E-state index contributed by atoms with van der Waals surface area (Å²) in [6, 6.07) is -1.36. The second kappa shape index (κ2) is 7.39. The Balaban J connectivity index is 2.47. The number of carboxylic acids is 1.